The van der Waals surface area contributed by atoms with Gasteiger partial charge in [-0.25, -0.2) is 14.8 Å². The minimum Gasteiger partial charge on any atom is -0.444 e. The molecule has 0 bridgehead atoms. The maximum absolute atomic E-state index is 13.1. The molecular formula is C31H43N3O4S. The van der Waals surface area contributed by atoms with E-state index in [-0.39, 0.29) is 5.91 Å². The number of nitrogens with zero attached hydrogens (tertiary/aromatic N) is 1. The first-order valence-electron chi connectivity index (χ1n) is 13.3. The van der Waals surface area contributed by atoms with Gasteiger partial charge in [0.25, 0.3) is 5.91 Å². The van der Waals surface area contributed by atoms with Gasteiger partial charge in [0.2, 0.25) is 0 Å². The first-order valence-corrected chi connectivity index (χ1v) is 16.1. The highest BCUT2D eigenvalue weighted by Crippen LogP contribution is 2.38. The molecule has 2 N–H and O–H groups in total. The van der Waals surface area contributed by atoms with E-state index in [1.807, 2.05) is 19.1 Å². The van der Waals surface area contributed by atoms with Gasteiger partial charge in [0.05, 0.1) is 24.3 Å². The zero-order valence-electron chi connectivity index (χ0n) is 24.6. The number of aryl methyl sites for hydroxylation is 2. The van der Waals surface area contributed by atoms with Crippen LogP contribution >= 0.6 is 10.0 Å². The van der Waals surface area contributed by atoms with Crippen molar-refractivity contribution in [3.8, 4) is 0 Å². The number of pyridine rings is 1. The van der Waals surface area contributed by atoms with Crippen molar-refractivity contribution in [1.82, 2.24) is 4.98 Å². The normalized spacial score (nSPS) is 12.3. The van der Waals surface area contributed by atoms with Crippen molar-refractivity contribution >= 4 is 44.3 Å². The van der Waals surface area contributed by atoms with Crippen LogP contribution < -0.4 is 10.6 Å². The third-order valence-electron chi connectivity index (χ3n) is 6.61. The molecule has 0 saturated carbocycles. The van der Waals surface area contributed by atoms with Crippen LogP contribution in [0.1, 0.15) is 54.7 Å². The largest absolute Gasteiger partial charge is 0.444 e. The van der Waals surface area contributed by atoms with Gasteiger partial charge in [0.15, 0.2) is 0 Å². The topological polar surface area (TPSA) is 89.5 Å². The van der Waals surface area contributed by atoms with E-state index < -0.39 is 21.7 Å². The molecular weight excluding hydrogens is 510 g/mol. The van der Waals surface area contributed by atoms with Crippen molar-refractivity contribution < 1.29 is 19.1 Å². The number of hydrogen-bond donors (Lipinski definition) is 2. The Hall–Kier alpha value is -3.10. The first kappa shape index (κ1) is 30.4. The predicted octanol–water partition coefficient (Wildman–Crippen LogP) is 7.09. The SMILES string of the molecule is CCS(C)(C)CCOCCc1cc2ncc(C(=O)Nc3cc(NC(=O)OC(C)(C)C)ccc3C)cc2cc1C. The lowest BCUT2D eigenvalue weighted by Crippen LogP contribution is -2.27. The lowest BCUT2D eigenvalue weighted by molar-refractivity contribution is 0.0635. The maximum atomic E-state index is 13.1. The Balaban J connectivity index is 1.66. The molecule has 0 aliphatic rings. The number of benzene rings is 2. The fourth-order valence-electron chi connectivity index (χ4n) is 3.89. The molecule has 0 aliphatic carbocycles. The van der Waals surface area contributed by atoms with Crippen LogP contribution in [0.3, 0.4) is 0 Å². The molecule has 0 fully saturated rings. The summed E-state index contributed by atoms with van der Waals surface area (Å²) in [6, 6.07) is 11.3. The molecule has 0 radical (unpaired) electrons. The Labute approximate surface area is 234 Å². The van der Waals surface area contributed by atoms with Crippen LogP contribution in [0.2, 0.25) is 0 Å². The summed E-state index contributed by atoms with van der Waals surface area (Å²) in [6.45, 7) is 13.1. The lowest BCUT2D eigenvalue weighted by atomic mass is 10.0. The Morgan fingerprint density at radius 3 is 2.41 bits per heavy atom. The number of ether oxygens (including phenoxy) is 2. The number of carbonyl (C=O) groups is 2. The third-order valence-corrected chi connectivity index (χ3v) is 9.44. The number of carbonyl (C=O) groups excluding carboxylic acids is 2. The Morgan fingerprint density at radius 2 is 1.72 bits per heavy atom. The molecule has 0 atom stereocenters. The molecule has 8 heteroatoms. The van der Waals surface area contributed by atoms with Crippen molar-refractivity contribution in [3.63, 3.8) is 0 Å². The number of fused-ring (bicyclic) bond motifs is 1. The highest BCUT2D eigenvalue weighted by Gasteiger charge is 2.17. The van der Waals surface area contributed by atoms with Crippen molar-refractivity contribution in [2.75, 3.05) is 47.9 Å². The van der Waals surface area contributed by atoms with E-state index in [9.17, 15) is 9.59 Å². The maximum Gasteiger partial charge on any atom is 0.412 e. The smallest absolute Gasteiger partial charge is 0.412 e. The van der Waals surface area contributed by atoms with Gasteiger partial charge in [0, 0.05) is 28.7 Å². The number of nitrogens with one attached hydrogen (secondary N) is 2. The number of rotatable bonds is 10. The molecule has 1 aromatic heterocycles. The van der Waals surface area contributed by atoms with Gasteiger partial charge in [-0.05, 0) is 106 Å². The predicted molar refractivity (Wildman–Crippen MR) is 165 cm³/mol. The average Bonchev–Trinajstić information content (AvgIpc) is 2.84. The number of anilines is 2. The lowest BCUT2D eigenvalue weighted by Gasteiger charge is -2.29. The fourth-order valence-corrected chi connectivity index (χ4v) is 4.75. The summed E-state index contributed by atoms with van der Waals surface area (Å²) in [7, 11) is -0.538. The minimum absolute atomic E-state index is 0.269. The van der Waals surface area contributed by atoms with Crippen LogP contribution in [0.25, 0.3) is 10.9 Å². The van der Waals surface area contributed by atoms with Gasteiger partial charge < -0.3 is 14.8 Å². The van der Waals surface area contributed by atoms with Crippen LogP contribution in [-0.2, 0) is 15.9 Å². The highest BCUT2D eigenvalue weighted by atomic mass is 32.3. The molecule has 0 unspecified atom stereocenters. The van der Waals surface area contributed by atoms with Gasteiger partial charge in [-0.2, -0.15) is 0 Å². The Kier molecular flexibility index (Phi) is 10.0. The molecule has 212 valence electrons. The summed E-state index contributed by atoms with van der Waals surface area (Å²) in [5, 5.41) is 6.57. The molecule has 2 aromatic carbocycles. The van der Waals surface area contributed by atoms with Crippen LogP contribution in [0.15, 0.2) is 42.6 Å². The standard InChI is InChI=1S/C31H43N3O4S/c1-9-39(7,8)15-14-37-13-12-23-18-28-24(16-22(23)3)17-25(20-32-28)29(35)34-27-19-26(11-10-21(27)2)33-30(36)38-31(4,5)6/h10-11,16-20H,9,12-15H2,1-8H3,(H,33,36)(H,34,35). The Morgan fingerprint density at radius 1 is 0.974 bits per heavy atom. The average molecular weight is 554 g/mol. The van der Waals surface area contributed by atoms with Gasteiger partial charge in [-0.3, -0.25) is 15.1 Å². The van der Waals surface area contributed by atoms with Gasteiger partial charge in [0.1, 0.15) is 5.60 Å². The monoisotopic (exact) mass is 553 g/mol. The number of hydrogen-bond acceptors (Lipinski definition) is 5. The van der Waals surface area contributed by atoms with E-state index in [1.165, 1.54) is 11.3 Å². The summed E-state index contributed by atoms with van der Waals surface area (Å²) in [5.74, 6) is 2.09. The summed E-state index contributed by atoms with van der Waals surface area (Å²) in [5.41, 5.74) is 5.07. The zero-order valence-corrected chi connectivity index (χ0v) is 25.4. The van der Waals surface area contributed by atoms with E-state index >= 15 is 0 Å². The van der Waals surface area contributed by atoms with Crippen molar-refractivity contribution in [1.29, 1.82) is 0 Å². The molecule has 7 nitrogen and oxygen atoms in total. The summed E-state index contributed by atoms with van der Waals surface area (Å²) in [4.78, 5) is 29.8. The summed E-state index contributed by atoms with van der Waals surface area (Å²) in [6.07, 6.45) is 6.59. The van der Waals surface area contributed by atoms with Crippen LogP contribution in [-0.4, -0.2) is 59.8 Å². The molecule has 0 aliphatic heterocycles. The van der Waals surface area contributed by atoms with Crippen LogP contribution in [0.5, 0.6) is 0 Å². The fraction of sp³-hybridized carbons (Fsp3) is 0.452. The quantitative estimate of drug-likeness (QED) is 0.262. The molecule has 2 amide bonds. The van der Waals surface area contributed by atoms with Gasteiger partial charge >= 0.3 is 6.09 Å². The second-order valence-electron chi connectivity index (χ2n) is 11.4. The van der Waals surface area contributed by atoms with E-state index in [1.54, 1.807) is 39.1 Å². The van der Waals surface area contributed by atoms with Crippen molar-refractivity contribution in [2.24, 2.45) is 0 Å². The molecule has 3 rings (SSSR count). The van der Waals surface area contributed by atoms with Crippen LogP contribution in [0.4, 0.5) is 16.2 Å². The molecule has 3 aromatic rings. The molecule has 1 heterocycles. The number of aromatic nitrogens is 1. The Bertz CT molecular complexity index is 1330. The van der Waals surface area contributed by atoms with Gasteiger partial charge in [-0.15, -0.1) is 0 Å². The summed E-state index contributed by atoms with van der Waals surface area (Å²) < 4.78 is 11.2. The summed E-state index contributed by atoms with van der Waals surface area (Å²) >= 11 is 0. The zero-order chi connectivity index (χ0) is 28.8. The van der Waals surface area contributed by atoms with Gasteiger partial charge in [-0.1, -0.05) is 13.0 Å². The number of amides is 2. The second kappa shape index (κ2) is 12.8. The van der Waals surface area contributed by atoms with Crippen molar-refractivity contribution in [3.05, 3.63) is 64.8 Å². The molecule has 39 heavy (non-hydrogen) atoms. The van der Waals surface area contributed by atoms with E-state index in [0.717, 1.165) is 40.8 Å². The van der Waals surface area contributed by atoms with E-state index in [2.05, 4.69) is 54.1 Å². The van der Waals surface area contributed by atoms with Crippen LogP contribution in [0, 0.1) is 13.8 Å². The van der Waals surface area contributed by atoms with E-state index in [4.69, 9.17) is 9.47 Å². The van der Waals surface area contributed by atoms with Crippen molar-refractivity contribution in [2.45, 2.75) is 53.6 Å². The molecule has 0 saturated heterocycles. The third kappa shape index (κ3) is 9.25. The molecule has 0 spiro atoms. The second-order valence-corrected chi connectivity index (χ2v) is 15.9. The highest BCUT2D eigenvalue weighted by molar-refractivity contribution is 8.32. The first-order chi connectivity index (χ1) is 18.3. The minimum atomic E-state index is -0.603. The van der Waals surface area contributed by atoms with E-state index in [0.29, 0.717) is 23.5 Å².